The summed E-state index contributed by atoms with van der Waals surface area (Å²) in [6, 6.07) is 33.5. The number of nitrogens with one attached hydrogen (secondary N) is 1. The Morgan fingerprint density at radius 2 is 1.43 bits per heavy atom. The van der Waals surface area contributed by atoms with E-state index >= 15 is 0 Å². The summed E-state index contributed by atoms with van der Waals surface area (Å²) in [7, 11) is 0. The average Bonchev–Trinajstić information content (AvgIpc) is 2.97. The van der Waals surface area contributed by atoms with Crippen molar-refractivity contribution >= 4 is 22.6 Å². The molecule has 0 radical (unpaired) electrons. The van der Waals surface area contributed by atoms with Crippen LogP contribution in [0, 0.1) is 0 Å². The molecule has 5 rings (SSSR count). The van der Waals surface area contributed by atoms with Gasteiger partial charge in [0.2, 0.25) is 0 Å². The van der Waals surface area contributed by atoms with Gasteiger partial charge in [-0.1, -0.05) is 99.6 Å². The van der Waals surface area contributed by atoms with Crippen molar-refractivity contribution in [3.8, 4) is 11.5 Å². The number of pyridine rings is 1. The molecule has 2 N–H and O–H groups in total. The van der Waals surface area contributed by atoms with Gasteiger partial charge in [-0.15, -0.1) is 0 Å². The maximum atomic E-state index is 13.3. The number of fused-ring (bicyclic) bond motifs is 1. The normalized spacial score (nSPS) is 12.1. The van der Waals surface area contributed by atoms with Gasteiger partial charge in [0.15, 0.2) is 0 Å². The molecule has 0 aliphatic carbocycles. The van der Waals surface area contributed by atoms with Gasteiger partial charge in [-0.2, -0.15) is 0 Å². The first-order valence-corrected chi connectivity index (χ1v) is 14.0. The molecule has 0 bridgehead atoms. The zero-order chi connectivity index (χ0) is 29.7. The predicted octanol–water partition coefficient (Wildman–Crippen LogP) is 7.34. The van der Waals surface area contributed by atoms with Crippen molar-refractivity contribution in [3.63, 3.8) is 0 Å². The first-order valence-electron chi connectivity index (χ1n) is 14.0. The van der Waals surface area contributed by atoms with Crippen molar-refractivity contribution in [3.05, 3.63) is 137 Å². The second-order valence-electron chi connectivity index (χ2n) is 11.4. The summed E-state index contributed by atoms with van der Waals surface area (Å²) in [6.45, 7) is 6.52. The van der Waals surface area contributed by atoms with Gasteiger partial charge in [-0.3, -0.25) is 4.79 Å². The lowest BCUT2D eigenvalue weighted by molar-refractivity contribution is -0.139. The molecular formula is C36H34N2O4. The Hall–Kier alpha value is -4.97. The minimum absolute atomic E-state index is 0.0511. The summed E-state index contributed by atoms with van der Waals surface area (Å²) in [5.41, 5.74) is 4.01. The highest BCUT2D eigenvalue weighted by Gasteiger charge is 2.23. The molecule has 6 nitrogen and oxygen atoms in total. The van der Waals surface area contributed by atoms with Crippen LogP contribution in [0.3, 0.4) is 0 Å². The van der Waals surface area contributed by atoms with Crippen molar-refractivity contribution in [1.82, 2.24) is 10.3 Å². The van der Waals surface area contributed by atoms with E-state index in [1.165, 1.54) is 5.56 Å². The fraction of sp³-hybridized carbons (Fsp3) is 0.194. The summed E-state index contributed by atoms with van der Waals surface area (Å²) in [4.78, 5) is 30.1. The predicted molar refractivity (Wildman–Crippen MR) is 165 cm³/mol. The standard InChI is InChI=1S/C36H34N2O4/c1-36(2,3)27-15-18-28(19-16-27)42-29-17-14-26-22-32(37-31(30(26)23-29)20-24-10-6-4-7-11-24)34(39)38-33(35(40)41)21-25-12-8-5-9-13-25/h4-19,22-23,33H,20-21H2,1-3H3,(H,38,39)(H,40,41)/t33-/m0/s1. The molecule has 212 valence electrons. The molecule has 0 aliphatic rings. The smallest absolute Gasteiger partial charge is 0.326 e. The van der Waals surface area contributed by atoms with Crippen molar-refractivity contribution in [1.29, 1.82) is 0 Å². The van der Waals surface area contributed by atoms with Gasteiger partial charge in [0.1, 0.15) is 23.2 Å². The van der Waals surface area contributed by atoms with E-state index in [0.717, 1.165) is 27.6 Å². The van der Waals surface area contributed by atoms with Crippen molar-refractivity contribution < 1.29 is 19.4 Å². The minimum atomic E-state index is -1.10. The molecule has 1 atom stereocenters. The maximum Gasteiger partial charge on any atom is 0.326 e. The molecule has 0 unspecified atom stereocenters. The van der Waals surface area contributed by atoms with Crippen LogP contribution in [0.5, 0.6) is 11.5 Å². The van der Waals surface area contributed by atoms with Crippen LogP contribution in [0.1, 0.15) is 53.6 Å². The number of benzene rings is 4. The fourth-order valence-corrected chi connectivity index (χ4v) is 4.84. The number of amides is 1. The lowest BCUT2D eigenvalue weighted by Gasteiger charge is -2.19. The number of carbonyl (C=O) groups excluding carboxylic acids is 1. The van der Waals surface area contributed by atoms with E-state index in [1.807, 2.05) is 91.0 Å². The molecule has 0 aliphatic heterocycles. The Labute approximate surface area is 246 Å². The highest BCUT2D eigenvalue weighted by molar-refractivity contribution is 5.99. The molecular weight excluding hydrogens is 524 g/mol. The number of aliphatic carboxylic acids is 1. The monoisotopic (exact) mass is 558 g/mol. The van der Waals surface area contributed by atoms with Crippen molar-refractivity contribution in [2.75, 3.05) is 0 Å². The molecule has 0 saturated carbocycles. The van der Waals surface area contributed by atoms with Crippen molar-refractivity contribution in [2.24, 2.45) is 0 Å². The van der Waals surface area contributed by atoms with E-state index in [-0.39, 0.29) is 17.5 Å². The molecule has 6 heteroatoms. The Kier molecular flexibility index (Phi) is 8.34. The number of carboxylic acid groups (broad SMARTS) is 1. The van der Waals surface area contributed by atoms with Gasteiger partial charge in [0, 0.05) is 18.2 Å². The molecule has 1 amide bonds. The first-order chi connectivity index (χ1) is 20.2. The molecule has 0 saturated heterocycles. The van der Waals surface area contributed by atoms with Gasteiger partial charge in [0.25, 0.3) is 5.91 Å². The summed E-state index contributed by atoms with van der Waals surface area (Å²) in [5, 5.41) is 14.2. The highest BCUT2D eigenvalue weighted by Crippen LogP contribution is 2.30. The van der Waals surface area contributed by atoms with Gasteiger partial charge < -0.3 is 15.2 Å². The second kappa shape index (κ2) is 12.3. The third-order valence-electron chi connectivity index (χ3n) is 7.17. The number of rotatable bonds is 9. The number of ether oxygens (including phenoxy) is 1. The Balaban J connectivity index is 1.46. The first kappa shape index (κ1) is 28.6. The largest absolute Gasteiger partial charge is 0.480 e. The number of nitrogens with zero attached hydrogens (tertiary/aromatic N) is 1. The molecule has 1 aromatic heterocycles. The van der Waals surface area contributed by atoms with Gasteiger partial charge >= 0.3 is 5.97 Å². The molecule has 0 spiro atoms. The van der Waals surface area contributed by atoms with E-state index in [9.17, 15) is 14.7 Å². The Bertz CT molecular complexity index is 1690. The molecule has 4 aromatic carbocycles. The van der Waals surface area contributed by atoms with Crippen LogP contribution in [0.15, 0.2) is 109 Å². The molecule has 0 fully saturated rings. The van der Waals surface area contributed by atoms with Crippen LogP contribution in [-0.2, 0) is 23.1 Å². The summed E-state index contributed by atoms with van der Waals surface area (Å²) >= 11 is 0. The van der Waals surface area contributed by atoms with Gasteiger partial charge in [-0.25, -0.2) is 9.78 Å². The summed E-state index contributed by atoms with van der Waals surface area (Å²) in [5.74, 6) is -0.245. The molecule has 1 heterocycles. The zero-order valence-corrected chi connectivity index (χ0v) is 24.0. The SMILES string of the molecule is CC(C)(C)c1ccc(Oc2ccc3cc(C(=O)N[C@@H](Cc4ccccc4)C(=O)O)nc(Cc4ccccc4)c3c2)cc1. The average molecular weight is 559 g/mol. The fourth-order valence-electron chi connectivity index (χ4n) is 4.84. The van der Waals surface area contributed by atoms with Crippen LogP contribution in [0.4, 0.5) is 0 Å². The number of aromatic nitrogens is 1. The topological polar surface area (TPSA) is 88.5 Å². The number of hydrogen-bond acceptors (Lipinski definition) is 4. The van der Waals surface area contributed by atoms with E-state index < -0.39 is 17.9 Å². The van der Waals surface area contributed by atoms with E-state index in [4.69, 9.17) is 9.72 Å². The van der Waals surface area contributed by atoms with E-state index in [0.29, 0.717) is 17.9 Å². The van der Waals surface area contributed by atoms with E-state index in [2.05, 4.69) is 38.2 Å². The molecule has 5 aromatic rings. The second-order valence-corrected chi connectivity index (χ2v) is 11.4. The lowest BCUT2D eigenvalue weighted by Crippen LogP contribution is -2.42. The summed E-state index contributed by atoms with van der Waals surface area (Å²) < 4.78 is 6.20. The van der Waals surface area contributed by atoms with Crippen molar-refractivity contribution in [2.45, 2.75) is 45.1 Å². The third kappa shape index (κ3) is 7.02. The zero-order valence-electron chi connectivity index (χ0n) is 24.0. The number of hydrogen-bond donors (Lipinski definition) is 2. The van der Waals surface area contributed by atoms with Crippen LogP contribution >= 0.6 is 0 Å². The Morgan fingerprint density at radius 1 is 0.810 bits per heavy atom. The lowest BCUT2D eigenvalue weighted by atomic mass is 9.87. The maximum absolute atomic E-state index is 13.3. The third-order valence-corrected chi connectivity index (χ3v) is 7.17. The van der Waals surface area contributed by atoms with Crippen LogP contribution in [0.25, 0.3) is 10.8 Å². The van der Waals surface area contributed by atoms with Crippen LogP contribution in [-0.4, -0.2) is 28.0 Å². The number of carboxylic acids is 1. The van der Waals surface area contributed by atoms with E-state index in [1.54, 1.807) is 6.07 Å². The quantitative estimate of drug-likeness (QED) is 0.198. The van der Waals surface area contributed by atoms with Gasteiger partial charge in [0.05, 0.1) is 5.69 Å². The van der Waals surface area contributed by atoms with Crippen LogP contribution < -0.4 is 10.1 Å². The van der Waals surface area contributed by atoms with Crippen LogP contribution in [0.2, 0.25) is 0 Å². The molecule has 42 heavy (non-hydrogen) atoms. The Morgan fingerprint density at radius 3 is 2.05 bits per heavy atom. The number of carbonyl (C=O) groups is 2. The minimum Gasteiger partial charge on any atom is -0.480 e. The highest BCUT2D eigenvalue weighted by atomic mass is 16.5. The van der Waals surface area contributed by atoms with Gasteiger partial charge in [-0.05, 0) is 57.8 Å². The summed E-state index contributed by atoms with van der Waals surface area (Å²) in [6.07, 6.45) is 0.665.